The molecule has 2 bridgehead atoms. The fourth-order valence-electron chi connectivity index (χ4n) is 6.40. The van der Waals surface area contributed by atoms with Crippen molar-refractivity contribution >= 4 is 29.5 Å². The highest BCUT2D eigenvalue weighted by Gasteiger charge is 2.40. The lowest BCUT2D eigenvalue weighted by molar-refractivity contribution is -0.136. The number of hydrogen-bond acceptors (Lipinski definition) is 6. The Bertz CT molecular complexity index is 972. The van der Waals surface area contributed by atoms with E-state index in [-0.39, 0.29) is 24.1 Å². The number of imide groups is 1. The van der Waals surface area contributed by atoms with Crippen LogP contribution in [-0.4, -0.2) is 83.0 Å². The number of thioether (sulfide) groups is 1. The van der Waals surface area contributed by atoms with Gasteiger partial charge in [0.15, 0.2) is 0 Å². The maximum atomic E-state index is 13.0. The Morgan fingerprint density at radius 3 is 2.42 bits per heavy atom. The Kier molecular flexibility index (Phi) is 8.33. The van der Waals surface area contributed by atoms with Gasteiger partial charge in [-0.15, -0.1) is 11.8 Å². The number of nitrogens with one attached hydrogen (secondary N) is 1. The molecule has 1 aromatic carbocycles. The van der Waals surface area contributed by atoms with Crippen molar-refractivity contribution in [2.45, 2.75) is 93.8 Å². The number of piperazine rings is 1. The molecule has 0 spiro atoms. The van der Waals surface area contributed by atoms with Crippen molar-refractivity contribution in [1.82, 2.24) is 20.0 Å². The lowest BCUT2D eigenvalue weighted by Crippen LogP contribution is -2.52. The van der Waals surface area contributed by atoms with Crippen LogP contribution in [0.5, 0.6) is 0 Å². The average Bonchev–Trinajstić information content (AvgIpc) is 3.28. The molecule has 0 radical (unpaired) electrons. The molecule has 0 aliphatic carbocycles. The summed E-state index contributed by atoms with van der Waals surface area (Å²) in [5.74, 6) is 0.356. The van der Waals surface area contributed by atoms with E-state index in [4.69, 9.17) is 0 Å². The van der Waals surface area contributed by atoms with Gasteiger partial charge in [-0.2, -0.15) is 0 Å². The Morgan fingerprint density at radius 1 is 0.944 bits per heavy atom. The van der Waals surface area contributed by atoms with Gasteiger partial charge in [0, 0.05) is 48.6 Å². The summed E-state index contributed by atoms with van der Waals surface area (Å²) in [4.78, 5) is 44.9. The van der Waals surface area contributed by atoms with Gasteiger partial charge in [-0.3, -0.25) is 24.6 Å². The minimum absolute atomic E-state index is 0.0915. The molecule has 5 rings (SSSR count). The van der Waals surface area contributed by atoms with Gasteiger partial charge in [-0.05, 0) is 69.1 Å². The van der Waals surface area contributed by atoms with Crippen LogP contribution in [0.25, 0.3) is 0 Å². The third kappa shape index (κ3) is 5.65. The number of nitrogens with zero attached hydrogens (tertiary/aromatic N) is 3. The van der Waals surface area contributed by atoms with Crippen molar-refractivity contribution < 1.29 is 14.4 Å². The second-order valence-electron chi connectivity index (χ2n) is 11.0. The van der Waals surface area contributed by atoms with E-state index in [1.165, 1.54) is 71.0 Å². The molecule has 1 aromatic rings. The second kappa shape index (κ2) is 11.7. The number of carbonyl (C=O) groups is 3. The van der Waals surface area contributed by atoms with Crippen molar-refractivity contribution in [3.8, 4) is 0 Å². The molecule has 4 aliphatic rings. The van der Waals surface area contributed by atoms with E-state index in [0.29, 0.717) is 18.5 Å². The second-order valence-corrected chi connectivity index (χ2v) is 12.1. The van der Waals surface area contributed by atoms with Gasteiger partial charge in [-0.1, -0.05) is 31.7 Å². The van der Waals surface area contributed by atoms with Gasteiger partial charge < -0.3 is 9.80 Å². The van der Waals surface area contributed by atoms with Gasteiger partial charge in [0.2, 0.25) is 11.8 Å². The maximum Gasteiger partial charge on any atom is 0.255 e. The number of amides is 3. The molecular formula is C28H40N4O3S. The van der Waals surface area contributed by atoms with Crippen molar-refractivity contribution in [2.75, 3.05) is 32.4 Å². The van der Waals surface area contributed by atoms with Crippen molar-refractivity contribution in [3.05, 3.63) is 29.3 Å². The summed E-state index contributed by atoms with van der Waals surface area (Å²) in [7, 11) is 2.30. The van der Waals surface area contributed by atoms with E-state index in [1.54, 1.807) is 4.90 Å². The minimum atomic E-state index is -0.549. The number of hydrogen-bond donors (Lipinski definition) is 1. The first-order valence-corrected chi connectivity index (χ1v) is 14.8. The summed E-state index contributed by atoms with van der Waals surface area (Å²) in [5.41, 5.74) is 1.74. The maximum absolute atomic E-state index is 13.0. The number of carbonyl (C=O) groups excluding carboxylic acids is 3. The Labute approximate surface area is 219 Å². The summed E-state index contributed by atoms with van der Waals surface area (Å²) in [6.07, 6.45) is 11.2. The molecule has 8 heteroatoms. The van der Waals surface area contributed by atoms with Crippen LogP contribution in [0.2, 0.25) is 0 Å². The van der Waals surface area contributed by atoms with Crippen LogP contribution in [0.3, 0.4) is 0 Å². The SMILES string of the molecule is CN1C2CCC1CN(CCCCCCCCSc1cccc3c1CN(C1CCC(=O)NC1=O)C3=O)C2. The molecule has 3 unspecified atom stereocenters. The van der Waals surface area contributed by atoms with Gasteiger partial charge in [0.25, 0.3) is 5.91 Å². The molecule has 0 saturated carbocycles. The smallest absolute Gasteiger partial charge is 0.255 e. The standard InChI is InChI=1S/C28H40N4O3S/c1-30-20-11-12-21(30)18-31(17-20)15-6-4-2-3-5-7-16-36-25-10-8-9-22-23(25)19-32(28(22)35)24-13-14-26(33)29-27(24)34/h8-10,20-21,24H,2-7,11-19H2,1H3,(H,29,33,34). The first-order chi connectivity index (χ1) is 17.5. The lowest BCUT2D eigenvalue weighted by Gasteiger charge is -2.38. The van der Waals surface area contributed by atoms with Crippen LogP contribution in [0, 0.1) is 0 Å². The summed E-state index contributed by atoms with van der Waals surface area (Å²) in [6, 6.07) is 6.94. The molecule has 196 valence electrons. The third-order valence-electron chi connectivity index (χ3n) is 8.59. The predicted molar refractivity (Wildman–Crippen MR) is 142 cm³/mol. The topological polar surface area (TPSA) is 73.0 Å². The molecule has 36 heavy (non-hydrogen) atoms. The highest BCUT2D eigenvalue weighted by Crippen LogP contribution is 2.35. The van der Waals surface area contributed by atoms with Crippen LogP contribution in [0.15, 0.2) is 23.1 Å². The number of likely N-dealkylation sites (N-methyl/N-ethyl adjacent to an activating group) is 1. The lowest BCUT2D eigenvalue weighted by atomic mass is 10.0. The molecule has 4 heterocycles. The zero-order valence-electron chi connectivity index (χ0n) is 21.5. The highest BCUT2D eigenvalue weighted by atomic mass is 32.2. The molecule has 3 fully saturated rings. The number of rotatable bonds is 11. The van der Waals surface area contributed by atoms with E-state index in [1.807, 2.05) is 23.9 Å². The number of unbranched alkanes of at least 4 members (excludes halogenated alkanes) is 5. The van der Waals surface area contributed by atoms with Gasteiger partial charge in [0.05, 0.1) is 0 Å². The van der Waals surface area contributed by atoms with Crippen molar-refractivity contribution in [2.24, 2.45) is 0 Å². The summed E-state index contributed by atoms with van der Waals surface area (Å²) in [5, 5.41) is 2.38. The molecule has 3 amide bonds. The Balaban J connectivity index is 0.983. The quantitative estimate of drug-likeness (QED) is 0.277. The first-order valence-electron chi connectivity index (χ1n) is 13.8. The predicted octanol–water partition coefficient (Wildman–Crippen LogP) is 3.66. The Hall–Kier alpha value is -1.90. The zero-order chi connectivity index (χ0) is 25.1. The van der Waals surface area contributed by atoms with Crippen LogP contribution in [0.4, 0.5) is 0 Å². The monoisotopic (exact) mass is 512 g/mol. The fraction of sp³-hybridized carbons (Fsp3) is 0.679. The van der Waals surface area contributed by atoms with E-state index in [0.717, 1.165) is 28.3 Å². The van der Waals surface area contributed by atoms with Crippen molar-refractivity contribution in [1.29, 1.82) is 0 Å². The molecule has 0 aromatic heterocycles. The van der Waals surface area contributed by atoms with Gasteiger partial charge in [0.1, 0.15) is 6.04 Å². The normalized spacial score (nSPS) is 26.5. The molecular weight excluding hydrogens is 472 g/mol. The molecule has 7 nitrogen and oxygen atoms in total. The van der Waals surface area contributed by atoms with Crippen LogP contribution in [0.1, 0.15) is 80.1 Å². The van der Waals surface area contributed by atoms with Gasteiger partial charge >= 0.3 is 0 Å². The first kappa shape index (κ1) is 25.7. The largest absolute Gasteiger partial charge is 0.322 e. The summed E-state index contributed by atoms with van der Waals surface area (Å²) >= 11 is 1.83. The zero-order valence-corrected chi connectivity index (χ0v) is 22.4. The van der Waals surface area contributed by atoms with E-state index < -0.39 is 6.04 Å². The minimum Gasteiger partial charge on any atom is -0.322 e. The molecule has 4 aliphatic heterocycles. The highest BCUT2D eigenvalue weighted by molar-refractivity contribution is 7.99. The average molecular weight is 513 g/mol. The molecule has 3 saturated heterocycles. The van der Waals surface area contributed by atoms with Crippen LogP contribution >= 0.6 is 11.8 Å². The third-order valence-corrected chi connectivity index (χ3v) is 9.77. The van der Waals surface area contributed by atoms with Gasteiger partial charge in [-0.25, -0.2) is 0 Å². The number of benzene rings is 1. The Morgan fingerprint density at radius 2 is 1.67 bits per heavy atom. The number of piperidine rings is 1. The van der Waals surface area contributed by atoms with E-state index in [9.17, 15) is 14.4 Å². The summed E-state index contributed by atoms with van der Waals surface area (Å²) in [6.45, 7) is 4.26. The van der Waals surface area contributed by atoms with E-state index in [2.05, 4.69) is 28.2 Å². The number of likely N-dealkylation sites (tertiary alicyclic amines) is 1. The van der Waals surface area contributed by atoms with Crippen LogP contribution < -0.4 is 5.32 Å². The van der Waals surface area contributed by atoms with Crippen LogP contribution in [-0.2, 0) is 16.1 Å². The molecule has 3 atom stereocenters. The van der Waals surface area contributed by atoms with E-state index >= 15 is 0 Å². The number of fused-ring (bicyclic) bond motifs is 3. The van der Waals surface area contributed by atoms with Crippen molar-refractivity contribution in [3.63, 3.8) is 0 Å². The fourth-order valence-corrected chi connectivity index (χ4v) is 7.49. The summed E-state index contributed by atoms with van der Waals surface area (Å²) < 4.78 is 0. The molecule has 1 N–H and O–H groups in total.